The first-order valence-electron chi connectivity index (χ1n) is 5.55. The predicted octanol–water partition coefficient (Wildman–Crippen LogP) is 1.63. The van der Waals surface area contributed by atoms with Gasteiger partial charge in [-0.25, -0.2) is 10.2 Å². The number of benzene rings is 1. The van der Waals surface area contributed by atoms with E-state index in [4.69, 9.17) is 5.73 Å². The van der Waals surface area contributed by atoms with Crippen molar-refractivity contribution in [3.63, 3.8) is 0 Å². The van der Waals surface area contributed by atoms with Crippen LogP contribution in [0.15, 0.2) is 53.8 Å². The third-order valence-electron chi connectivity index (χ3n) is 2.43. The third-order valence-corrected chi connectivity index (χ3v) is 2.43. The highest BCUT2D eigenvalue weighted by Crippen LogP contribution is 2.06. The van der Waals surface area contributed by atoms with E-state index in [1.165, 1.54) is 0 Å². The summed E-state index contributed by atoms with van der Waals surface area (Å²) >= 11 is 0. The normalized spacial score (nSPS) is 11.2. The van der Waals surface area contributed by atoms with Gasteiger partial charge in [0.05, 0.1) is 5.71 Å². The molecule has 0 unspecified atom stereocenters. The summed E-state index contributed by atoms with van der Waals surface area (Å²) < 4.78 is 0. The number of carbonyl (C=O) groups is 1. The summed E-state index contributed by atoms with van der Waals surface area (Å²) in [6.07, 6.45) is 2.44. The number of H-pyrrole nitrogens is 1. The zero-order valence-electron chi connectivity index (χ0n) is 9.76. The molecule has 0 radical (unpaired) electrons. The van der Waals surface area contributed by atoms with Crippen LogP contribution in [0.3, 0.4) is 0 Å². The fraction of sp³-hybridized carbons (Fsp3) is 0.0769. The minimum Gasteiger partial charge on any atom is -0.365 e. The van der Waals surface area contributed by atoms with Crippen molar-refractivity contribution in [3.8, 4) is 0 Å². The molecule has 0 saturated heterocycles. The van der Waals surface area contributed by atoms with Crippen molar-refractivity contribution in [1.82, 2.24) is 10.4 Å². The molecule has 5 heteroatoms. The first kappa shape index (κ1) is 11.9. The quantitative estimate of drug-likeness (QED) is 0.552. The van der Waals surface area contributed by atoms with Gasteiger partial charge in [-0.1, -0.05) is 30.3 Å². The number of nitrogens with two attached hydrogens (primary N) is 1. The van der Waals surface area contributed by atoms with Gasteiger partial charge >= 0.3 is 6.03 Å². The second kappa shape index (κ2) is 5.67. The van der Waals surface area contributed by atoms with E-state index in [1.807, 2.05) is 48.7 Å². The zero-order valence-corrected chi connectivity index (χ0v) is 9.76. The fourth-order valence-corrected chi connectivity index (χ4v) is 1.62. The van der Waals surface area contributed by atoms with Crippen LogP contribution in [0.4, 0.5) is 4.79 Å². The van der Waals surface area contributed by atoms with Crippen LogP contribution in [0.1, 0.15) is 11.3 Å². The Morgan fingerprint density at radius 3 is 2.61 bits per heavy atom. The summed E-state index contributed by atoms with van der Waals surface area (Å²) in [5, 5.41) is 4.04. The van der Waals surface area contributed by atoms with E-state index in [0.717, 1.165) is 17.0 Å². The van der Waals surface area contributed by atoms with Crippen molar-refractivity contribution in [3.05, 3.63) is 59.9 Å². The molecule has 92 valence electrons. The summed E-state index contributed by atoms with van der Waals surface area (Å²) in [4.78, 5) is 13.8. The number of urea groups is 1. The van der Waals surface area contributed by atoms with Gasteiger partial charge in [0, 0.05) is 18.3 Å². The first-order chi connectivity index (χ1) is 8.75. The Kier molecular flexibility index (Phi) is 3.76. The smallest absolute Gasteiger partial charge is 0.332 e. The lowest BCUT2D eigenvalue weighted by molar-refractivity contribution is 0.249. The standard InChI is InChI=1S/C13H14N4O/c14-13(18)17-16-12(9-11-7-4-8-15-11)10-5-2-1-3-6-10/h1-8,15H,9H2,(H3,14,17,18)/b16-12+. The largest absolute Gasteiger partial charge is 0.365 e. The Labute approximate surface area is 105 Å². The number of primary amides is 1. The van der Waals surface area contributed by atoms with Crippen LogP contribution in [-0.4, -0.2) is 16.7 Å². The Balaban J connectivity index is 2.23. The summed E-state index contributed by atoms with van der Waals surface area (Å²) in [6, 6.07) is 12.8. The molecule has 0 fully saturated rings. The Hall–Kier alpha value is -2.56. The minimum absolute atomic E-state index is 0.595. The maximum Gasteiger partial charge on any atom is 0.332 e. The molecule has 0 spiro atoms. The molecular weight excluding hydrogens is 228 g/mol. The summed E-state index contributed by atoms with van der Waals surface area (Å²) in [6.45, 7) is 0. The van der Waals surface area contributed by atoms with Gasteiger partial charge in [0.1, 0.15) is 0 Å². The molecule has 0 saturated carbocycles. The monoisotopic (exact) mass is 242 g/mol. The number of aromatic amines is 1. The lowest BCUT2D eigenvalue weighted by Gasteiger charge is -2.05. The molecule has 1 aromatic carbocycles. The molecule has 2 amide bonds. The molecule has 2 aromatic rings. The summed E-state index contributed by atoms with van der Waals surface area (Å²) in [5.41, 5.74) is 10.0. The lowest BCUT2D eigenvalue weighted by Crippen LogP contribution is -2.26. The van der Waals surface area contributed by atoms with Gasteiger partial charge in [0.15, 0.2) is 0 Å². The van der Waals surface area contributed by atoms with Crippen molar-refractivity contribution in [2.24, 2.45) is 10.8 Å². The third kappa shape index (κ3) is 3.21. The highest BCUT2D eigenvalue weighted by molar-refractivity contribution is 6.02. The number of hydrogen-bond donors (Lipinski definition) is 3. The van der Waals surface area contributed by atoms with Crippen LogP contribution in [0, 0.1) is 0 Å². The SMILES string of the molecule is NC(=O)N/N=C(\Cc1ccc[nH]1)c1ccccc1. The van der Waals surface area contributed by atoms with E-state index >= 15 is 0 Å². The molecule has 0 aliphatic heterocycles. The van der Waals surface area contributed by atoms with Crippen LogP contribution in [0.2, 0.25) is 0 Å². The first-order valence-corrected chi connectivity index (χ1v) is 5.55. The van der Waals surface area contributed by atoms with Gasteiger partial charge in [-0.15, -0.1) is 0 Å². The number of nitrogens with zero attached hydrogens (tertiary/aromatic N) is 1. The van der Waals surface area contributed by atoms with Crippen LogP contribution >= 0.6 is 0 Å². The van der Waals surface area contributed by atoms with E-state index in [-0.39, 0.29) is 0 Å². The van der Waals surface area contributed by atoms with Gasteiger partial charge in [0.2, 0.25) is 0 Å². The number of nitrogens with one attached hydrogen (secondary N) is 2. The Bertz CT molecular complexity index is 531. The highest BCUT2D eigenvalue weighted by atomic mass is 16.2. The average molecular weight is 242 g/mol. The second-order valence-electron chi connectivity index (χ2n) is 3.77. The molecule has 0 atom stereocenters. The lowest BCUT2D eigenvalue weighted by atomic mass is 10.1. The van der Waals surface area contributed by atoms with Gasteiger partial charge in [-0.2, -0.15) is 5.10 Å². The molecule has 0 aliphatic carbocycles. The van der Waals surface area contributed by atoms with Gasteiger partial charge < -0.3 is 10.7 Å². The Morgan fingerprint density at radius 1 is 1.22 bits per heavy atom. The van der Waals surface area contributed by atoms with Crippen molar-refractivity contribution >= 4 is 11.7 Å². The number of carbonyl (C=O) groups excluding carboxylic acids is 1. The van der Waals surface area contributed by atoms with Gasteiger partial charge in [0.25, 0.3) is 0 Å². The summed E-state index contributed by atoms with van der Waals surface area (Å²) in [5.74, 6) is 0. The van der Waals surface area contributed by atoms with Crippen LogP contribution < -0.4 is 11.2 Å². The number of amides is 2. The van der Waals surface area contributed by atoms with E-state index in [9.17, 15) is 4.79 Å². The molecule has 18 heavy (non-hydrogen) atoms. The number of rotatable bonds is 4. The van der Waals surface area contributed by atoms with Crippen LogP contribution in [0.5, 0.6) is 0 Å². The molecule has 2 rings (SSSR count). The number of hydrazone groups is 1. The van der Waals surface area contributed by atoms with E-state index in [0.29, 0.717) is 6.42 Å². The predicted molar refractivity (Wildman–Crippen MR) is 70.2 cm³/mol. The summed E-state index contributed by atoms with van der Waals surface area (Å²) in [7, 11) is 0. The van der Waals surface area contributed by atoms with Crippen molar-refractivity contribution < 1.29 is 4.79 Å². The molecule has 5 nitrogen and oxygen atoms in total. The zero-order chi connectivity index (χ0) is 12.8. The van der Waals surface area contributed by atoms with Gasteiger partial charge in [-0.3, -0.25) is 0 Å². The maximum absolute atomic E-state index is 10.7. The molecule has 1 aromatic heterocycles. The van der Waals surface area contributed by atoms with Crippen molar-refractivity contribution in [2.75, 3.05) is 0 Å². The topological polar surface area (TPSA) is 83.3 Å². The van der Waals surface area contributed by atoms with Crippen molar-refractivity contribution in [2.45, 2.75) is 6.42 Å². The van der Waals surface area contributed by atoms with Crippen LogP contribution in [-0.2, 0) is 6.42 Å². The van der Waals surface area contributed by atoms with Crippen LogP contribution in [0.25, 0.3) is 0 Å². The maximum atomic E-state index is 10.7. The second-order valence-corrected chi connectivity index (χ2v) is 3.77. The molecule has 0 aliphatic rings. The van der Waals surface area contributed by atoms with E-state index in [1.54, 1.807) is 0 Å². The van der Waals surface area contributed by atoms with Crippen molar-refractivity contribution in [1.29, 1.82) is 0 Å². The van der Waals surface area contributed by atoms with Gasteiger partial charge in [-0.05, 0) is 17.7 Å². The molecular formula is C13H14N4O. The number of aromatic nitrogens is 1. The molecule has 0 bridgehead atoms. The van der Waals surface area contributed by atoms with E-state index < -0.39 is 6.03 Å². The number of hydrogen-bond acceptors (Lipinski definition) is 2. The Morgan fingerprint density at radius 2 is 2.00 bits per heavy atom. The molecule has 1 heterocycles. The highest BCUT2D eigenvalue weighted by Gasteiger charge is 2.06. The fourth-order valence-electron chi connectivity index (χ4n) is 1.62. The minimum atomic E-state index is -0.671. The molecule has 4 N–H and O–H groups in total. The van der Waals surface area contributed by atoms with E-state index in [2.05, 4.69) is 15.5 Å². The average Bonchev–Trinajstić information content (AvgIpc) is 2.88.